The van der Waals surface area contributed by atoms with E-state index < -0.39 is 0 Å². The molecule has 0 radical (unpaired) electrons. The number of guanidine groups is 1. The highest BCUT2D eigenvalue weighted by atomic mass is 127. The van der Waals surface area contributed by atoms with Crippen molar-refractivity contribution in [2.45, 2.75) is 51.6 Å². The van der Waals surface area contributed by atoms with E-state index in [2.05, 4.69) is 35.1 Å². The second kappa shape index (κ2) is 10.8. The standard InChI is InChI=1S/C19H26N4S.HI/c1-2-20-19(22-16-11-7-4-8-12-16)21-13-18-23-17(14-24-18)15-9-5-3-6-10-15;/h3,5-6,9-10,14,16H,2,4,7-8,11-13H2,1H3,(H2,20,21,22);1H. The molecule has 136 valence electrons. The summed E-state index contributed by atoms with van der Waals surface area (Å²) in [5.41, 5.74) is 2.20. The normalized spacial score (nSPS) is 15.5. The average molecular weight is 470 g/mol. The minimum atomic E-state index is 0. The Bertz CT molecular complexity index is 650. The van der Waals surface area contributed by atoms with Gasteiger partial charge in [-0.25, -0.2) is 9.98 Å². The molecule has 1 saturated carbocycles. The van der Waals surface area contributed by atoms with Crippen molar-refractivity contribution >= 4 is 41.3 Å². The van der Waals surface area contributed by atoms with Gasteiger partial charge in [-0.05, 0) is 19.8 Å². The van der Waals surface area contributed by atoms with E-state index in [0.717, 1.165) is 28.8 Å². The van der Waals surface area contributed by atoms with Crippen LogP contribution < -0.4 is 10.6 Å². The molecule has 0 bridgehead atoms. The summed E-state index contributed by atoms with van der Waals surface area (Å²) >= 11 is 1.68. The van der Waals surface area contributed by atoms with Crippen molar-refractivity contribution in [3.05, 3.63) is 40.7 Å². The Morgan fingerprint density at radius 3 is 2.68 bits per heavy atom. The van der Waals surface area contributed by atoms with Crippen LogP contribution in [0.25, 0.3) is 11.3 Å². The minimum Gasteiger partial charge on any atom is -0.357 e. The fourth-order valence-corrected chi connectivity index (χ4v) is 3.76. The first kappa shape index (κ1) is 20.2. The number of hydrogen-bond acceptors (Lipinski definition) is 3. The van der Waals surface area contributed by atoms with Gasteiger partial charge in [-0.15, -0.1) is 35.3 Å². The number of nitrogens with one attached hydrogen (secondary N) is 2. The lowest BCUT2D eigenvalue weighted by Crippen LogP contribution is -2.44. The number of aliphatic imine (C=N–C) groups is 1. The van der Waals surface area contributed by atoms with Gasteiger partial charge in [-0.2, -0.15) is 0 Å². The molecule has 2 N–H and O–H groups in total. The monoisotopic (exact) mass is 470 g/mol. The Kier molecular flexibility index (Phi) is 8.67. The maximum Gasteiger partial charge on any atom is 0.191 e. The number of rotatable bonds is 5. The molecule has 1 fully saturated rings. The van der Waals surface area contributed by atoms with E-state index >= 15 is 0 Å². The summed E-state index contributed by atoms with van der Waals surface area (Å²) in [6.07, 6.45) is 6.51. The lowest BCUT2D eigenvalue weighted by atomic mass is 9.96. The van der Waals surface area contributed by atoms with Crippen LogP contribution in [0.5, 0.6) is 0 Å². The molecule has 25 heavy (non-hydrogen) atoms. The molecule has 1 heterocycles. The van der Waals surface area contributed by atoms with Gasteiger partial charge in [0.25, 0.3) is 0 Å². The molecule has 0 atom stereocenters. The van der Waals surface area contributed by atoms with E-state index in [1.54, 1.807) is 11.3 Å². The zero-order chi connectivity index (χ0) is 16.6. The van der Waals surface area contributed by atoms with Crippen molar-refractivity contribution in [2.75, 3.05) is 6.54 Å². The maximum absolute atomic E-state index is 4.73. The fourth-order valence-electron chi connectivity index (χ4n) is 3.03. The van der Waals surface area contributed by atoms with Crippen LogP contribution in [0.15, 0.2) is 40.7 Å². The average Bonchev–Trinajstić information content (AvgIpc) is 3.11. The summed E-state index contributed by atoms with van der Waals surface area (Å²) in [7, 11) is 0. The highest BCUT2D eigenvalue weighted by Gasteiger charge is 2.14. The Labute approximate surface area is 171 Å². The van der Waals surface area contributed by atoms with Gasteiger partial charge in [-0.1, -0.05) is 49.6 Å². The number of nitrogens with zero attached hydrogens (tertiary/aromatic N) is 2. The molecule has 1 aliphatic carbocycles. The summed E-state index contributed by atoms with van der Waals surface area (Å²) < 4.78 is 0. The van der Waals surface area contributed by atoms with Crippen LogP contribution in [-0.4, -0.2) is 23.5 Å². The van der Waals surface area contributed by atoms with Crippen LogP contribution in [0.4, 0.5) is 0 Å². The number of benzene rings is 1. The van der Waals surface area contributed by atoms with Gasteiger partial charge in [0.15, 0.2) is 5.96 Å². The zero-order valence-electron chi connectivity index (χ0n) is 14.7. The Balaban J connectivity index is 0.00000225. The van der Waals surface area contributed by atoms with Crippen LogP contribution in [0.2, 0.25) is 0 Å². The Hall–Kier alpha value is -1.15. The SMILES string of the molecule is CCNC(=NCc1nc(-c2ccccc2)cs1)NC1CCCCC1.I. The summed E-state index contributed by atoms with van der Waals surface area (Å²) in [6.45, 7) is 3.61. The van der Waals surface area contributed by atoms with Crippen molar-refractivity contribution in [3.8, 4) is 11.3 Å². The summed E-state index contributed by atoms with van der Waals surface area (Å²) in [6, 6.07) is 10.9. The van der Waals surface area contributed by atoms with E-state index in [4.69, 9.17) is 9.98 Å². The van der Waals surface area contributed by atoms with Crippen molar-refractivity contribution in [3.63, 3.8) is 0 Å². The predicted molar refractivity (Wildman–Crippen MR) is 118 cm³/mol. The second-order valence-corrected chi connectivity index (χ2v) is 7.11. The molecule has 0 amide bonds. The van der Waals surface area contributed by atoms with Gasteiger partial charge in [0, 0.05) is 23.5 Å². The van der Waals surface area contributed by atoms with Crippen LogP contribution in [0, 0.1) is 0 Å². The Morgan fingerprint density at radius 1 is 1.20 bits per heavy atom. The third-order valence-corrected chi connectivity index (χ3v) is 5.12. The molecule has 1 aliphatic rings. The minimum absolute atomic E-state index is 0. The van der Waals surface area contributed by atoms with E-state index in [-0.39, 0.29) is 24.0 Å². The van der Waals surface area contributed by atoms with E-state index in [1.165, 1.54) is 32.1 Å². The smallest absolute Gasteiger partial charge is 0.191 e. The topological polar surface area (TPSA) is 49.3 Å². The maximum atomic E-state index is 4.73. The number of hydrogen-bond donors (Lipinski definition) is 2. The molecule has 1 aromatic carbocycles. The van der Waals surface area contributed by atoms with Crippen molar-refractivity contribution < 1.29 is 0 Å². The largest absolute Gasteiger partial charge is 0.357 e. The third kappa shape index (κ3) is 6.26. The fraction of sp³-hybridized carbons (Fsp3) is 0.474. The highest BCUT2D eigenvalue weighted by molar-refractivity contribution is 14.0. The number of thiazole rings is 1. The predicted octanol–water partition coefficient (Wildman–Crippen LogP) is 4.82. The van der Waals surface area contributed by atoms with E-state index in [0.29, 0.717) is 12.6 Å². The molecule has 4 nitrogen and oxygen atoms in total. The van der Waals surface area contributed by atoms with Gasteiger partial charge in [0.05, 0.1) is 12.2 Å². The molecule has 0 aliphatic heterocycles. The quantitative estimate of drug-likeness (QED) is 0.375. The zero-order valence-corrected chi connectivity index (χ0v) is 17.8. The van der Waals surface area contributed by atoms with E-state index in [1.807, 2.05) is 18.2 Å². The van der Waals surface area contributed by atoms with Crippen LogP contribution in [-0.2, 0) is 6.54 Å². The molecular weight excluding hydrogens is 443 g/mol. The summed E-state index contributed by atoms with van der Waals surface area (Å²) in [5, 5.41) is 10.1. The van der Waals surface area contributed by atoms with Crippen molar-refractivity contribution in [1.82, 2.24) is 15.6 Å². The molecule has 0 spiro atoms. The third-order valence-electron chi connectivity index (χ3n) is 4.28. The van der Waals surface area contributed by atoms with Crippen LogP contribution in [0.1, 0.15) is 44.0 Å². The van der Waals surface area contributed by atoms with Gasteiger partial charge < -0.3 is 10.6 Å². The number of aromatic nitrogens is 1. The van der Waals surface area contributed by atoms with E-state index in [9.17, 15) is 0 Å². The molecule has 0 saturated heterocycles. The molecule has 3 rings (SSSR count). The molecule has 1 aromatic heterocycles. The lowest BCUT2D eigenvalue weighted by molar-refractivity contribution is 0.410. The number of halogens is 1. The highest BCUT2D eigenvalue weighted by Crippen LogP contribution is 2.22. The van der Waals surface area contributed by atoms with Crippen molar-refractivity contribution in [2.24, 2.45) is 4.99 Å². The van der Waals surface area contributed by atoms with Gasteiger partial charge in [0.2, 0.25) is 0 Å². The van der Waals surface area contributed by atoms with Crippen LogP contribution in [0.3, 0.4) is 0 Å². The lowest BCUT2D eigenvalue weighted by Gasteiger charge is -2.24. The van der Waals surface area contributed by atoms with Gasteiger partial charge in [-0.3, -0.25) is 0 Å². The second-order valence-electron chi connectivity index (χ2n) is 6.17. The molecule has 0 unspecified atom stereocenters. The molecular formula is C19H27IN4S. The Morgan fingerprint density at radius 2 is 1.96 bits per heavy atom. The van der Waals surface area contributed by atoms with Gasteiger partial charge in [0.1, 0.15) is 5.01 Å². The van der Waals surface area contributed by atoms with Crippen LogP contribution >= 0.6 is 35.3 Å². The first-order valence-corrected chi connectivity index (χ1v) is 9.78. The molecule has 2 aromatic rings. The first-order valence-electron chi connectivity index (χ1n) is 8.90. The summed E-state index contributed by atoms with van der Waals surface area (Å²) in [4.78, 5) is 9.44. The summed E-state index contributed by atoms with van der Waals surface area (Å²) in [5.74, 6) is 0.917. The molecule has 6 heteroatoms. The first-order chi connectivity index (χ1) is 11.8. The van der Waals surface area contributed by atoms with Crippen molar-refractivity contribution in [1.29, 1.82) is 0 Å². The van der Waals surface area contributed by atoms with Gasteiger partial charge >= 0.3 is 0 Å².